The summed E-state index contributed by atoms with van der Waals surface area (Å²) in [6, 6.07) is 19.8. The molecule has 0 unspecified atom stereocenters. The number of likely N-dealkylation sites (tertiary alicyclic amines) is 1. The molecular weight excluding hydrogens is 695 g/mol. The first-order valence-corrected chi connectivity index (χ1v) is 17.4. The van der Waals surface area contributed by atoms with Crippen LogP contribution in [0.15, 0.2) is 91.3 Å². The SMILES string of the molecule is CC(C)(C)c1ccc(C(=O)C[C@@H](Cc2ccc(-c3ncc(-c4ccc(-c5ccccc5C(F)(F)F)cc4F)cn3)cc2)C(=O)N2CC(C(=O)O)C2)s1. The molecule has 5 aromatic rings. The summed E-state index contributed by atoms with van der Waals surface area (Å²) >= 11 is 1.42. The summed E-state index contributed by atoms with van der Waals surface area (Å²) in [6.45, 7) is 6.42. The van der Waals surface area contributed by atoms with Gasteiger partial charge in [0.1, 0.15) is 5.82 Å². The number of thiophene rings is 1. The fourth-order valence-corrected chi connectivity index (χ4v) is 7.14. The van der Waals surface area contributed by atoms with Crippen molar-refractivity contribution >= 4 is 29.0 Å². The summed E-state index contributed by atoms with van der Waals surface area (Å²) < 4.78 is 55.8. The number of rotatable bonds is 10. The number of aliphatic carboxylic acids is 1. The number of carbonyl (C=O) groups is 3. The van der Waals surface area contributed by atoms with Gasteiger partial charge in [-0.15, -0.1) is 11.3 Å². The van der Waals surface area contributed by atoms with E-state index < -0.39 is 35.4 Å². The number of aromatic nitrogens is 2. The van der Waals surface area contributed by atoms with Gasteiger partial charge in [-0.3, -0.25) is 14.4 Å². The first-order chi connectivity index (χ1) is 24.6. The van der Waals surface area contributed by atoms with Crippen molar-refractivity contribution in [3.63, 3.8) is 0 Å². The normalized spacial score (nSPS) is 14.2. The number of hydrogen-bond acceptors (Lipinski definition) is 6. The zero-order valence-corrected chi connectivity index (χ0v) is 29.4. The highest BCUT2D eigenvalue weighted by molar-refractivity contribution is 7.14. The van der Waals surface area contributed by atoms with Crippen LogP contribution >= 0.6 is 11.3 Å². The second-order valence-corrected chi connectivity index (χ2v) is 15.0. The molecule has 0 radical (unpaired) electrons. The van der Waals surface area contributed by atoms with Crippen LogP contribution in [0.1, 0.15) is 52.9 Å². The minimum Gasteiger partial charge on any atom is -0.481 e. The summed E-state index contributed by atoms with van der Waals surface area (Å²) in [7, 11) is 0. The molecule has 268 valence electrons. The molecule has 1 N–H and O–H groups in total. The van der Waals surface area contributed by atoms with Crippen molar-refractivity contribution in [2.24, 2.45) is 11.8 Å². The minimum atomic E-state index is -4.59. The second-order valence-electron chi connectivity index (χ2n) is 14.0. The molecule has 7 nitrogen and oxygen atoms in total. The largest absolute Gasteiger partial charge is 0.481 e. The Morgan fingerprint density at radius 3 is 2.12 bits per heavy atom. The summed E-state index contributed by atoms with van der Waals surface area (Å²) in [5, 5.41) is 9.30. The van der Waals surface area contributed by atoms with Gasteiger partial charge in [0.05, 0.1) is 16.4 Å². The highest BCUT2D eigenvalue weighted by Gasteiger charge is 2.39. The lowest BCUT2D eigenvalue weighted by atomic mass is 9.89. The van der Waals surface area contributed by atoms with Crippen LogP contribution in [0.2, 0.25) is 0 Å². The maximum absolute atomic E-state index is 15.2. The third kappa shape index (κ3) is 7.97. The Labute approximate surface area is 302 Å². The topological polar surface area (TPSA) is 100 Å². The Kier molecular flexibility index (Phi) is 10.1. The van der Waals surface area contributed by atoms with Crippen molar-refractivity contribution in [1.29, 1.82) is 0 Å². The van der Waals surface area contributed by atoms with Gasteiger partial charge in [0, 0.05) is 59.4 Å². The smallest absolute Gasteiger partial charge is 0.417 e. The van der Waals surface area contributed by atoms with E-state index in [0.717, 1.165) is 22.6 Å². The van der Waals surface area contributed by atoms with E-state index in [-0.39, 0.29) is 59.7 Å². The number of nitrogens with zero attached hydrogens (tertiary/aromatic N) is 3. The van der Waals surface area contributed by atoms with Gasteiger partial charge in [0.25, 0.3) is 0 Å². The molecular formula is C40H35F4N3O4S. The fraction of sp³-hybridized carbons (Fsp3) is 0.275. The Morgan fingerprint density at radius 1 is 0.865 bits per heavy atom. The Bertz CT molecular complexity index is 2120. The van der Waals surface area contributed by atoms with Crippen LogP contribution in [-0.4, -0.2) is 50.7 Å². The van der Waals surface area contributed by atoms with Crippen molar-refractivity contribution < 1.29 is 37.1 Å². The quantitative estimate of drug-likeness (QED) is 0.114. The zero-order chi connectivity index (χ0) is 37.4. The third-order valence-electron chi connectivity index (χ3n) is 9.11. The van der Waals surface area contributed by atoms with Gasteiger partial charge >= 0.3 is 12.1 Å². The minimum absolute atomic E-state index is 0.0180. The van der Waals surface area contributed by atoms with Gasteiger partial charge in [-0.05, 0) is 52.8 Å². The number of benzene rings is 3. The maximum atomic E-state index is 15.2. The van der Waals surface area contributed by atoms with E-state index >= 15 is 4.39 Å². The van der Waals surface area contributed by atoms with E-state index in [2.05, 4.69) is 30.7 Å². The van der Waals surface area contributed by atoms with E-state index in [0.29, 0.717) is 21.8 Å². The molecule has 2 aromatic heterocycles. The predicted octanol–water partition coefficient (Wildman–Crippen LogP) is 8.97. The summed E-state index contributed by atoms with van der Waals surface area (Å²) in [4.78, 5) is 50.2. The average Bonchev–Trinajstić information content (AvgIpc) is 3.59. The number of ketones is 1. The van der Waals surface area contributed by atoms with Crippen molar-refractivity contribution in [1.82, 2.24) is 14.9 Å². The highest BCUT2D eigenvalue weighted by Crippen LogP contribution is 2.38. The number of alkyl halides is 3. The van der Waals surface area contributed by atoms with Gasteiger partial charge in [-0.1, -0.05) is 75.4 Å². The lowest BCUT2D eigenvalue weighted by Crippen LogP contribution is -2.55. The molecule has 1 fully saturated rings. The van der Waals surface area contributed by atoms with Crippen molar-refractivity contribution in [3.05, 3.63) is 118 Å². The van der Waals surface area contributed by atoms with Crippen LogP contribution < -0.4 is 0 Å². The van der Waals surface area contributed by atoms with E-state index in [1.54, 1.807) is 18.2 Å². The Balaban J connectivity index is 1.17. The van der Waals surface area contributed by atoms with Crippen LogP contribution in [0.3, 0.4) is 0 Å². The molecule has 3 heterocycles. The number of halogens is 4. The monoisotopic (exact) mass is 729 g/mol. The molecule has 1 amide bonds. The molecule has 52 heavy (non-hydrogen) atoms. The maximum Gasteiger partial charge on any atom is 0.417 e. The molecule has 0 saturated carbocycles. The van der Waals surface area contributed by atoms with Crippen molar-refractivity contribution in [2.45, 2.75) is 45.2 Å². The molecule has 0 aliphatic carbocycles. The lowest BCUT2D eigenvalue weighted by Gasteiger charge is -2.38. The molecule has 6 rings (SSSR count). The standard InChI is InChI=1S/C40H35F4N3O4S/c1-39(2,3)35-15-14-34(52-35)33(48)18-26(37(49)47-21-28(22-47)38(50)51)16-23-8-10-24(11-9-23)36-45-19-27(20-46-36)30-13-12-25(17-32(30)41)29-6-4-5-7-31(29)40(42,43)44/h4-15,17,19-20,26,28H,16,18,21-22H2,1-3H3,(H,50,51)/t26-/m1/s1. The van der Waals surface area contributed by atoms with Crippen LogP contribution in [0.4, 0.5) is 17.6 Å². The number of amides is 1. The summed E-state index contributed by atoms with van der Waals surface area (Å²) in [5.41, 5.74) is 0.912. The average molecular weight is 730 g/mol. The predicted molar refractivity (Wildman–Crippen MR) is 190 cm³/mol. The van der Waals surface area contributed by atoms with Gasteiger partial charge in [-0.25, -0.2) is 14.4 Å². The molecule has 0 spiro atoms. The first-order valence-electron chi connectivity index (χ1n) is 16.6. The number of carboxylic acid groups (broad SMARTS) is 1. The van der Waals surface area contributed by atoms with Crippen LogP contribution in [0, 0.1) is 17.7 Å². The Hall–Kier alpha value is -5.23. The molecule has 1 saturated heterocycles. The first kappa shape index (κ1) is 36.6. The van der Waals surface area contributed by atoms with Gasteiger partial charge in [0.2, 0.25) is 5.91 Å². The lowest BCUT2D eigenvalue weighted by molar-refractivity contribution is -0.154. The number of hydrogen-bond donors (Lipinski definition) is 1. The number of Topliss-reactive ketones (excluding diaryl/α,β-unsaturated/α-hetero) is 1. The third-order valence-corrected chi connectivity index (χ3v) is 10.7. The van der Waals surface area contributed by atoms with E-state index in [4.69, 9.17) is 0 Å². The number of carboxylic acids is 1. The van der Waals surface area contributed by atoms with Crippen LogP contribution in [-0.2, 0) is 27.6 Å². The molecule has 1 aliphatic rings. The van der Waals surface area contributed by atoms with Crippen molar-refractivity contribution in [3.8, 4) is 33.6 Å². The molecule has 1 aliphatic heterocycles. The van der Waals surface area contributed by atoms with Gasteiger partial charge in [-0.2, -0.15) is 13.2 Å². The van der Waals surface area contributed by atoms with Gasteiger partial charge in [0.15, 0.2) is 11.6 Å². The molecule has 3 aromatic carbocycles. The van der Waals surface area contributed by atoms with Gasteiger partial charge < -0.3 is 10.0 Å². The molecule has 12 heteroatoms. The Morgan fingerprint density at radius 2 is 1.52 bits per heavy atom. The van der Waals surface area contributed by atoms with Crippen LogP contribution in [0.25, 0.3) is 33.6 Å². The summed E-state index contributed by atoms with van der Waals surface area (Å²) in [5.74, 6) is -3.03. The van der Waals surface area contributed by atoms with Crippen molar-refractivity contribution in [2.75, 3.05) is 13.1 Å². The summed E-state index contributed by atoms with van der Waals surface area (Å²) in [6.07, 6.45) is -1.47. The highest BCUT2D eigenvalue weighted by atomic mass is 32.1. The number of carbonyl (C=O) groups excluding carboxylic acids is 2. The van der Waals surface area contributed by atoms with Crippen LogP contribution in [0.5, 0.6) is 0 Å². The van der Waals surface area contributed by atoms with E-state index in [9.17, 15) is 32.7 Å². The molecule has 0 bridgehead atoms. The molecule has 1 atom stereocenters. The second kappa shape index (κ2) is 14.4. The zero-order valence-electron chi connectivity index (χ0n) is 28.6. The van der Waals surface area contributed by atoms with E-state index in [1.807, 2.05) is 18.2 Å². The van der Waals surface area contributed by atoms with E-state index in [1.165, 1.54) is 59.0 Å². The fourth-order valence-electron chi connectivity index (χ4n) is 6.12.